The number of aryl methyl sites for hydroxylation is 1. The molecule has 1 amide bonds. The Bertz CT molecular complexity index is 816. The fraction of sp³-hybridized carbons (Fsp3) is 0.474. The van der Waals surface area contributed by atoms with E-state index in [4.69, 9.17) is 4.74 Å². The van der Waals surface area contributed by atoms with Gasteiger partial charge in [0.2, 0.25) is 0 Å². The van der Waals surface area contributed by atoms with Crippen molar-refractivity contribution in [3.8, 4) is 5.75 Å². The average Bonchev–Trinajstić information content (AvgIpc) is 2.95. The minimum Gasteiger partial charge on any atom is -0.496 e. The Kier molecular flexibility index (Phi) is 6.85. The third kappa shape index (κ3) is 5.17. The number of carbonyl (C=O) groups excluding carboxylic acids is 1. The summed E-state index contributed by atoms with van der Waals surface area (Å²) in [5.41, 5.74) is 1.62. The molecule has 2 aromatic rings. The van der Waals surface area contributed by atoms with Crippen LogP contribution >= 0.6 is 34.1 Å². The number of benzene rings is 1. The van der Waals surface area contributed by atoms with Crippen molar-refractivity contribution in [1.29, 1.82) is 0 Å². The van der Waals surface area contributed by atoms with Crippen molar-refractivity contribution in [1.82, 2.24) is 3.96 Å². The molecule has 0 aliphatic carbocycles. The van der Waals surface area contributed by atoms with Gasteiger partial charge in [-0.3, -0.25) is 8.75 Å². The lowest BCUT2D eigenvalue weighted by Gasteiger charge is -2.19. The van der Waals surface area contributed by atoms with Crippen molar-refractivity contribution < 1.29 is 9.53 Å². The van der Waals surface area contributed by atoms with Crippen molar-refractivity contribution in [3.63, 3.8) is 0 Å². The summed E-state index contributed by atoms with van der Waals surface area (Å²) in [6.07, 6.45) is 5.28. The molecule has 6 heteroatoms. The highest BCUT2D eigenvalue weighted by molar-refractivity contribution is 14.1. The van der Waals surface area contributed by atoms with Crippen LogP contribution in [-0.2, 0) is 12.0 Å². The molecular formula is C19H25IN2O2S. The van der Waals surface area contributed by atoms with E-state index in [0.29, 0.717) is 11.3 Å². The van der Waals surface area contributed by atoms with E-state index in [1.807, 2.05) is 18.2 Å². The lowest BCUT2D eigenvalue weighted by atomic mass is 10.1. The first kappa shape index (κ1) is 20.2. The van der Waals surface area contributed by atoms with Crippen LogP contribution in [0.2, 0.25) is 0 Å². The topological polar surface area (TPSA) is 43.6 Å². The number of hydrogen-bond donors (Lipinski definition) is 0. The van der Waals surface area contributed by atoms with Gasteiger partial charge in [-0.25, -0.2) is 0 Å². The molecule has 2 rings (SSSR count). The van der Waals surface area contributed by atoms with Gasteiger partial charge < -0.3 is 4.74 Å². The minimum atomic E-state index is -0.254. The number of nitrogens with zero attached hydrogens (tertiary/aromatic N) is 2. The third-order valence-electron chi connectivity index (χ3n) is 3.79. The fourth-order valence-corrected chi connectivity index (χ4v) is 3.86. The van der Waals surface area contributed by atoms with E-state index in [1.54, 1.807) is 18.6 Å². The fourth-order valence-electron chi connectivity index (χ4n) is 2.34. The second-order valence-corrected chi connectivity index (χ2v) is 9.12. The summed E-state index contributed by atoms with van der Waals surface area (Å²) in [6.45, 7) is 8.63. The third-order valence-corrected chi connectivity index (χ3v) is 5.84. The van der Waals surface area contributed by atoms with Gasteiger partial charge in [-0.05, 0) is 85.9 Å². The second-order valence-electron chi connectivity index (χ2n) is 6.91. The van der Waals surface area contributed by atoms with Crippen molar-refractivity contribution in [2.45, 2.75) is 52.5 Å². The first-order chi connectivity index (χ1) is 11.8. The zero-order chi connectivity index (χ0) is 18.6. The Morgan fingerprint density at radius 1 is 1.36 bits per heavy atom. The maximum Gasteiger partial charge on any atom is 0.282 e. The molecule has 25 heavy (non-hydrogen) atoms. The molecule has 1 heterocycles. The largest absolute Gasteiger partial charge is 0.496 e. The van der Waals surface area contributed by atoms with Gasteiger partial charge in [0.1, 0.15) is 10.4 Å². The Morgan fingerprint density at radius 2 is 2.08 bits per heavy atom. The predicted molar refractivity (Wildman–Crippen MR) is 112 cm³/mol. The molecule has 1 aromatic heterocycles. The number of carbonyl (C=O) groups is 1. The molecule has 136 valence electrons. The molecule has 0 fully saturated rings. The van der Waals surface area contributed by atoms with Crippen LogP contribution in [0.25, 0.3) is 0 Å². The van der Waals surface area contributed by atoms with E-state index in [2.05, 4.69) is 65.4 Å². The van der Waals surface area contributed by atoms with E-state index < -0.39 is 0 Å². The SMILES string of the molecule is CCCCc1cn(C(C)(C)C)s/c1=N\C(=O)c1cc(I)ccc1OC. The highest BCUT2D eigenvalue weighted by atomic mass is 127. The molecule has 0 unspecified atom stereocenters. The molecule has 0 aliphatic heterocycles. The molecule has 0 atom stereocenters. The molecule has 0 spiro atoms. The Labute approximate surface area is 167 Å². The van der Waals surface area contributed by atoms with Crippen molar-refractivity contribution in [2.75, 3.05) is 7.11 Å². The molecule has 0 saturated carbocycles. The lowest BCUT2D eigenvalue weighted by molar-refractivity contribution is 0.0996. The quantitative estimate of drug-likeness (QED) is 0.575. The molecule has 0 radical (unpaired) electrons. The standard InChI is InChI=1S/C19H25IN2O2S/c1-6-7-8-13-12-22(19(2,3)4)25-18(13)21-17(23)15-11-14(20)9-10-16(15)24-5/h9-12H,6-8H2,1-5H3/b21-18-. The van der Waals surface area contributed by atoms with E-state index >= 15 is 0 Å². The zero-order valence-corrected chi connectivity index (χ0v) is 18.4. The summed E-state index contributed by atoms with van der Waals surface area (Å²) in [7, 11) is 1.57. The number of methoxy groups -OCH3 is 1. The van der Waals surface area contributed by atoms with E-state index in [-0.39, 0.29) is 11.4 Å². The summed E-state index contributed by atoms with van der Waals surface area (Å²) < 4.78 is 9.29. The summed E-state index contributed by atoms with van der Waals surface area (Å²) in [5.74, 6) is 0.306. The minimum absolute atomic E-state index is 0.0255. The summed E-state index contributed by atoms with van der Waals surface area (Å²) in [6, 6.07) is 5.55. The summed E-state index contributed by atoms with van der Waals surface area (Å²) in [5, 5.41) is 0. The molecule has 1 aromatic carbocycles. The van der Waals surface area contributed by atoms with Crippen LogP contribution in [0, 0.1) is 3.57 Å². The van der Waals surface area contributed by atoms with Gasteiger partial charge >= 0.3 is 0 Å². The van der Waals surface area contributed by atoms with Crippen LogP contribution in [0.5, 0.6) is 5.75 Å². The van der Waals surface area contributed by atoms with Crippen LogP contribution < -0.4 is 9.41 Å². The van der Waals surface area contributed by atoms with Crippen molar-refractivity contribution >= 4 is 40.0 Å². The number of aromatic nitrogens is 1. The first-order valence-corrected chi connectivity index (χ1v) is 10.3. The van der Waals surface area contributed by atoms with Crippen LogP contribution in [0.15, 0.2) is 29.4 Å². The van der Waals surface area contributed by atoms with Crippen LogP contribution in [0.1, 0.15) is 56.5 Å². The Hall–Kier alpha value is -1.15. The second kappa shape index (κ2) is 8.49. The molecule has 4 nitrogen and oxygen atoms in total. The normalized spacial score (nSPS) is 12.5. The van der Waals surface area contributed by atoms with Gasteiger partial charge in [-0.2, -0.15) is 4.99 Å². The van der Waals surface area contributed by atoms with Gasteiger partial charge in [0.15, 0.2) is 0 Å². The number of amides is 1. The van der Waals surface area contributed by atoms with Gasteiger partial charge in [0, 0.05) is 20.9 Å². The van der Waals surface area contributed by atoms with E-state index in [1.165, 1.54) is 0 Å². The molecule has 0 aliphatic rings. The lowest BCUT2D eigenvalue weighted by Crippen LogP contribution is -2.18. The molecule has 0 bridgehead atoms. The number of hydrogen-bond acceptors (Lipinski definition) is 3. The van der Waals surface area contributed by atoms with Crippen LogP contribution in [-0.4, -0.2) is 17.0 Å². The van der Waals surface area contributed by atoms with Gasteiger partial charge in [0.25, 0.3) is 5.91 Å². The Morgan fingerprint density at radius 3 is 2.68 bits per heavy atom. The molecule has 0 N–H and O–H groups in total. The number of unbranched alkanes of at least 4 members (excludes halogenated alkanes) is 1. The maximum absolute atomic E-state index is 12.8. The van der Waals surface area contributed by atoms with Crippen molar-refractivity contribution in [2.24, 2.45) is 4.99 Å². The highest BCUT2D eigenvalue weighted by Gasteiger charge is 2.17. The van der Waals surface area contributed by atoms with Crippen LogP contribution in [0.3, 0.4) is 0 Å². The number of halogens is 1. The predicted octanol–water partition coefficient (Wildman–Crippen LogP) is 5.00. The van der Waals surface area contributed by atoms with Crippen molar-refractivity contribution in [3.05, 3.63) is 43.8 Å². The van der Waals surface area contributed by atoms with Gasteiger partial charge in [0.05, 0.1) is 12.7 Å². The zero-order valence-electron chi connectivity index (χ0n) is 15.4. The highest BCUT2D eigenvalue weighted by Crippen LogP contribution is 2.22. The van der Waals surface area contributed by atoms with Crippen LogP contribution in [0.4, 0.5) is 0 Å². The first-order valence-electron chi connectivity index (χ1n) is 8.41. The van der Waals surface area contributed by atoms with Gasteiger partial charge in [-0.1, -0.05) is 13.3 Å². The van der Waals surface area contributed by atoms with Gasteiger partial charge in [-0.15, -0.1) is 0 Å². The number of ether oxygens (including phenoxy) is 1. The summed E-state index contributed by atoms with van der Waals surface area (Å²) >= 11 is 3.74. The maximum atomic E-state index is 12.8. The summed E-state index contributed by atoms with van der Waals surface area (Å²) in [4.78, 5) is 17.2. The Balaban J connectivity index is 2.50. The number of rotatable bonds is 5. The average molecular weight is 472 g/mol. The monoisotopic (exact) mass is 472 g/mol. The van der Waals surface area contributed by atoms with E-state index in [0.717, 1.165) is 33.1 Å². The van der Waals surface area contributed by atoms with E-state index in [9.17, 15) is 4.79 Å². The molecular weight excluding hydrogens is 447 g/mol. The smallest absolute Gasteiger partial charge is 0.282 e. The molecule has 0 saturated heterocycles.